The number of hydrogen-bond acceptors (Lipinski definition) is 2. The molecule has 1 aliphatic heterocycles. The number of halogens is 1. The lowest BCUT2D eigenvalue weighted by molar-refractivity contribution is 0.382. The Labute approximate surface area is 137 Å². The number of phenols is 1. The Hall–Kier alpha value is -1.67. The van der Waals surface area contributed by atoms with Crippen molar-refractivity contribution in [3.63, 3.8) is 0 Å². The average molecular weight is 316 g/mol. The van der Waals surface area contributed by atoms with Gasteiger partial charge in [0.15, 0.2) is 0 Å². The molecule has 0 radical (unpaired) electrons. The van der Waals surface area contributed by atoms with Gasteiger partial charge in [-0.05, 0) is 73.6 Å². The highest BCUT2D eigenvalue weighted by Crippen LogP contribution is 2.27. The molecule has 3 rings (SSSR count). The second-order valence-electron chi connectivity index (χ2n) is 6.11. The first kappa shape index (κ1) is 15.2. The molecule has 0 unspecified atom stereocenters. The molecule has 0 atom stereocenters. The van der Waals surface area contributed by atoms with E-state index >= 15 is 0 Å². The summed E-state index contributed by atoms with van der Waals surface area (Å²) in [6.07, 6.45) is 4.88. The predicted molar refractivity (Wildman–Crippen MR) is 92.8 cm³/mol. The average Bonchev–Trinajstić information content (AvgIpc) is 2.56. The standard InChI is InChI=1S/C19H22ClNO/c20-17-5-3-15(4-6-17)1-2-16-11-13-21(14-12-16)18-7-9-19(22)10-8-18/h3-10,16,22H,1-2,11-14H2. The van der Waals surface area contributed by atoms with E-state index in [9.17, 15) is 5.11 Å². The fraction of sp³-hybridized carbons (Fsp3) is 0.368. The smallest absolute Gasteiger partial charge is 0.115 e. The number of benzene rings is 2. The van der Waals surface area contributed by atoms with Crippen LogP contribution in [-0.2, 0) is 6.42 Å². The molecule has 1 saturated heterocycles. The maximum absolute atomic E-state index is 9.37. The highest BCUT2D eigenvalue weighted by atomic mass is 35.5. The van der Waals surface area contributed by atoms with Crippen LogP contribution in [0, 0.1) is 5.92 Å². The Balaban J connectivity index is 1.47. The third-order valence-electron chi connectivity index (χ3n) is 4.58. The second-order valence-corrected chi connectivity index (χ2v) is 6.55. The molecular formula is C19H22ClNO. The van der Waals surface area contributed by atoms with Crippen LogP contribution in [0.15, 0.2) is 48.5 Å². The Morgan fingerprint density at radius 3 is 2.23 bits per heavy atom. The van der Waals surface area contributed by atoms with Crippen molar-refractivity contribution in [2.45, 2.75) is 25.7 Å². The van der Waals surface area contributed by atoms with Crippen LogP contribution in [0.4, 0.5) is 5.69 Å². The summed E-state index contributed by atoms with van der Waals surface area (Å²) in [7, 11) is 0. The van der Waals surface area contributed by atoms with Crippen LogP contribution >= 0.6 is 11.6 Å². The summed E-state index contributed by atoms with van der Waals surface area (Å²) in [5.74, 6) is 1.14. The fourth-order valence-corrected chi connectivity index (χ4v) is 3.29. The van der Waals surface area contributed by atoms with Gasteiger partial charge in [-0.1, -0.05) is 23.7 Å². The number of nitrogens with zero attached hydrogens (tertiary/aromatic N) is 1. The van der Waals surface area contributed by atoms with Gasteiger partial charge in [0.1, 0.15) is 5.75 Å². The minimum atomic E-state index is 0.335. The van der Waals surface area contributed by atoms with Crippen molar-refractivity contribution in [1.29, 1.82) is 0 Å². The van der Waals surface area contributed by atoms with Crippen LogP contribution < -0.4 is 4.90 Å². The highest BCUT2D eigenvalue weighted by molar-refractivity contribution is 6.30. The van der Waals surface area contributed by atoms with Crippen molar-refractivity contribution >= 4 is 17.3 Å². The molecule has 1 fully saturated rings. The van der Waals surface area contributed by atoms with Gasteiger partial charge < -0.3 is 10.0 Å². The van der Waals surface area contributed by atoms with Crippen LogP contribution in [-0.4, -0.2) is 18.2 Å². The predicted octanol–water partition coefficient (Wildman–Crippen LogP) is 4.89. The van der Waals surface area contributed by atoms with E-state index in [1.807, 2.05) is 24.3 Å². The van der Waals surface area contributed by atoms with Gasteiger partial charge in [0.2, 0.25) is 0 Å². The minimum absolute atomic E-state index is 0.335. The SMILES string of the molecule is Oc1ccc(N2CCC(CCc3ccc(Cl)cc3)CC2)cc1. The molecule has 0 bridgehead atoms. The van der Waals surface area contributed by atoms with E-state index in [0.717, 1.165) is 30.5 Å². The molecule has 1 heterocycles. The van der Waals surface area contributed by atoms with E-state index in [2.05, 4.69) is 17.0 Å². The molecule has 22 heavy (non-hydrogen) atoms. The summed E-state index contributed by atoms with van der Waals surface area (Å²) in [4.78, 5) is 2.41. The van der Waals surface area contributed by atoms with Crippen LogP contribution in [0.25, 0.3) is 0 Å². The molecule has 1 aliphatic rings. The molecule has 0 amide bonds. The lowest BCUT2D eigenvalue weighted by atomic mass is 9.90. The maximum Gasteiger partial charge on any atom is 0.115 e. The number of piperidine rings is 1. The molecule has 0 aromatic heterocycles. The quantitative estimate of drug-likeness (QED) is 0.868. The zero-order valence-electron chi connectivity index (χ0n) is 12.7. The van der Waals surface area contributed by atoms with Gasteiger partial charge >= 0.3 is 0 Å². The number of aromatic hydroxyl groups is 1. The van der Waals surface area contributed by atoms with Gasteiger partial charge in [-0.15, -0.1) is 0 Å². The lowest BCUT2D eigenvalue weighted by Crippen LogP contribution is -2.33. The van der Waals surface area contributed by atoms with Crippen LogP contribution in [0.2, 0.25) is 5.02 Å². The van der Waals surface area contributed by atoms with Crippen LogP contribution in [0.3, 0.4) is 0 Å². The van der Waals surface area contributed by atoms with Crippen molar-refractivity contribution in [2.75, 3.05) is 18.0 Å². The summed E-state index contributed by atoms with van der Waals surface area (Å²) in [6, 6.07) is 15.8. The molecule has 3 heteroatoms. The summed E-state index contributed by atoms with van der Waals surface area (Å²) < 4.78 is 0. The Bertz CT molecular complexity index is 586. The molecule has 2 aromatic carbocycles. The molecule has 0 spiro atoms. The van der Waals surface area contributed by atoms with Crippen molar-refractivity contribution < 1.29 is 5.11 Å². The molecule has 2 nitrogen and oxygen atoms in total. The van der Waals surface area contributed by atoms with Gasteiger partial charge in [0.25, 0.3) is 0 Å². The third-order valence-corrected chi connectivity index (χ3v) is 4.84. The zero-order chi connectivity index (χ0) is 15.4. The van der Waals surface area contributed by atoms with E-state index in [1.165, 1.54) is 30.5 Å². The van der Waals surface area contributed by atoms with Crippen molar-refractivity contribution in [3.8, 4) is 5.75 Å². The molecule has 2 aromatic rings. The monoisotopic (exact) mass is 315 g/mol. The summed E-state index contributed by atoms with van der Waals surface area (Å²) in [6.45, 7) is 2.21. The minimum Gasteiger partial charge on any atom is -0.508 e. The number of rotatable bonds is 4. The Morgan fingerprint density at radius 2 is 1.59 bits per heavy atom. The summed E-state index contributed by atoms with van der Waals surface area (Å²) >= 11 is 5.92. The normalized spacial score (nSPS) is 16.0. The highest BCUT2D eigenvalue weighted by Gasteiger charge is 2.19. The number of anilines is 1. The summed E-state index contributed by atoms with van der Waals surface area (Å²) in [5, 5.41) is 10.2. The van der Waals surface area contributed by atoms with Gasteiger partial charge in [-0.2, -0.15) is 0 Å². The first-order valence-corrected chi connectivity index (χ1v) is 8.37. The zero-order valence-corrected chi connectivity index (χ0v) is 13.5. The second kappa shape index (κ2) is 7.06. The van der Waals surface area contributed by atoms with Crippen molar-refractivity contribution in [3.05, 3.63) is 59.1 Å². The lowest BCUT2D eigenvalue weighted by Gasteiger charge is -2.33. The van der Waals surface area contributed by atoms with Gasteiger partial charge in [0.05, 0.1) is 0 Å². The number of phenolic OH excluding ortho intramolecular Hbond substituents is 1. The number of hydrogen-bond donors (Lipinski definition) is 1. The molecular weight excluding hydrogens is 294 g/mol. The largest absolute Gasteiger partial charge is 0.508 e. The van der Waals surface area contributed by atoms with Gasteiger partial charge in [-0.25, -0.2) is 0 Å². The molecule has 1 N–H and O–H groups in total. The van der Waals surface area contributed by atoms with E-state index in [-0.39, 0.29) is 0 Å². The topological polar surface area (TPSA) is 23.5 Å². The van der Waals surface area contributed by atoms with E-state index in [4.69, 9.17) is 11.6 Å². The van der Waals surface area contributed by atoms with E-state index in [0.29, 0.717) is 5.75 Å². The van der Waals surface area contributed by atoms with Crippen molar-refractivity contribution in [1.82, 2.24) is 0 Å². The van der Waals surface area contributed by atoms with Crippen LogP contribution in [0.5, 0.6) is 5.75 Å². The maximum atomic E-state index is 9.37. The van der Waals surface area contributed by atoms with Gasteiger partial charge in [0, 0.05) is 23.8 Å². The molecule has 116 valence electrons. The Morgan fingerprint density at radius 1 is 0.955 bits per heavy atom. The first-order chi connectivity index (χ1) is 10.7. The first-order valence-electron chi connectivity index (χ1n) is 7.99. The van der Waals surface area contributed by atoms with Crippen LogP contribution in [0.1, 0.15) is 24.8 Å². The Kier molecular flexibility index (Phi) is 4.89. The summed E-state index contributed by atoms with van der Waals surface area (Å²) in [5.41, 5.74) is 2.60. The molecule has 0 saturated carbocycles. The van der Waals surface area contributed by atoms with Gasteiger partial charge in [-0.3, -0.25) is 0 Å². The number of aryl methyl sites for hydroxylation is 1. The third kappa shape index (κ3) is 3.95. The van der Waals surface area contributed by atoms with Crippen molar-refractivity contribution in [2.24, 2.45) is 5.92 Å². The van der Waals surface area contributed by atoms with E-state index < -0.39 is 0 Å². The van der Waals surface area contributed by atoms with E-state index in [1.54, 1.807) is 12.1 Å². The fourth-order valence-electron chi connectivity index (χ4n) is 3.17. The molecule has 0 aliphatic carbocycles.